The Morgan fingerprint density at radius 1 is 1.27 bits per heavy atom. The molecule has 1 fully saturated rings. The number of thioether (sulfide) groups is 1. The molecule has 112 valence electrons. The Balaban J connectivity index is 1.85. The topological polar surface area (TPSA) is 46.4 Å². The van der Waals surface area contributed by atoms with Crippen LogP contribution in [0.15, 0.2) is 46.6 Å². The van der Waals surface area contributed by atoms with Crippen molar-refractivity contribution in [1.29, 1.82) is 0 Å². The largest absolute Gasteiger partial charge is 0.357 e. The summed E-state index contributed by atoms with van der Waals surface area (Å²) in [7, 11) is 1.96. The fourth-order valence-corrected chi connectivity index (χ4v) is 3.12. The summed E-state index contributed by atoms with van der Waals surface area (Å²) in [5, 5.41) is 3.44. The number of carbonyl (C=O) groups excluding carboxylic acids is 1. The lowest BCUT2D eigenvalue weighted by Gasteiger charge is -2.02. The van der Waals surface area contributed by atoms with Crippen molar-refractivity contribution in [2.75, 3.05) is 0 Å². The van der Waals surface area contributed by atoms with E-state index < -0.39 is 0 Å². The minimum Gasteiger partial charge on any atom is -0.357 e. The average molecular weight is 311 g/mol. The zero-order valence-corrected chi connectivity index (χ0v) is 13.6. The van der Waals surface area contributed by atoms with E-state index >= 15 is 0 Å². The molecule has 1 aromatic heterocycles. The van der Waals surface area contributed by atoms with Crippen molar-refractivity contribution in [1.82, 2.24) is 9.88 Å². The van der Waals surface area contributed by atoms with Crippen molar-refractivity contribution in [3.8, 4) is 0 Å². The van der Waals surface area contributed by atoms with Crippen molar-refractivity contribution >= 4 is 34.6 Å². The molecule has 4 nitrogen and oxygen atoms in total. The third-order valence-corrected chi connectivity index (χ3v) is 4.29. The number of amides is 1. The van der Waals surface area contributed by atoms with Gasteiger partial charge in [-0.3, -0.25) is 4.79 Å². The first kappa shape index (κ1) is 14.7. The first-order valence-corrected chi connectivity index (χ1v) is 7.82. The lowest BCUT2D eigenvalue weighted by molar-refractivity contribution is -0.115. The molecule has 0 spiro atoms. The van der Waals surface area contributed by atoms with E-state index in [9.17, 15) is 4.79 Å². The number of benzene rings is 1. The summed E-state index contributed by atoms with van der Waals surface area (Å²) in [6.07, 6.45) is 5.80. The third kappa shape index (κ3) is 3.14. The summed E-state index contributed by atoms with van der Waals surface area (Å²) in [6.45, 7) is 4.07. The van der Waals surface area contributed by atoms with Crippen molar-refractivity contribution in [3.05, 3.63) is 58.3 Å². The van der Waals surface area contributed by atoms with Crippen LogP contribution in [0.25, 0.3) is 6.08 Å². The van der Waals surface area contributed by atoms with Gasteiger partial charge < -0.3 is 9.88 Å². The lowest BCUT2D eigenvalue weighted by Crippen LogP contribution is -2.19. The summed E-state index contributed by atoms with van der Waals surface area (Å²) < 4.78 is 1.95. The van der Waals surface area contributed by atoms with Crippen LogP contribution in [-0.4, -0.2) is 15.6 Å². The fourth-order valence-electron chi connectivity index (χ4n) is 2.28. The molecule has 1 aliphatic heterocycles. The van der Waals surface area contributed by atoms with Crippen LogP contribution in [0.4, 0.5) is 5.69 Å². The number of rotatable bonds is 2. The second-order valence-electron chi connectivity index (χ2n) is 5.38. The molecule has 1 amide bonds. The van der Waals surface area contributed by atoms with E-state index in [0.717, 1.165) is 16.8 Å². The summed E-state index contributed by atoms with van der Waals surface area (Å²) in [6, 6.07) is 8.06. The minimum atomic E-state index is -0.0997. The zero-order chi connectivity index (χ0) is 15.7. The Morgan fingerprint density at radius 3 is 2.77 bits per heavy atom. The van der Waals surface area contributed by atoms with Gasteiger partial charge in [-0.15, -0.1) is 0 Å². The predicted octanol–water partition coefficient (Wildman–Crippen LogP) is 3.53. The maximum atomic E-state index is 12.0. The maximum Gasteiger partial charge on any atom is 0.264 e. The van der Waals surface area contributed by atoms with Crippen molar-refractivity contribution < 1.29 is 4.79 Å². The Morgan fingerprint density at radius 2 is 2.09 bits per heavy atom. The highest BCUT2D eigenvalue weighted by atomic mass is 32.2. The fraction of sp³-hybridized carbons (Fsp3) is 0.176. The summed E-state index contributed by atoms with van der Waals surface area (Å²) >= 11 is 1.37. The second kappa shape index (κ2) is 5.85. The van der Waals surface area contributed by atoms with Crippen molar-refractivity contribution in [3.63, 3.8) is 0 Å². The number of amidine groups is 1. The quantitative estimate of drug-likeness (QED) is 0.862. The number of carbonyl (C=O) groups is 1. The monoisotopic (exact) mass is 311 g/mol. The SMILES string of the molecule is Cc1ccc(N=C2NC(=O)/C(=C\c3ccn(C)c3)S2)c(C)c1. The molecule has 5 heteroatoms. The highest BCUT2D eigenvalue weighted by molar-refractivity contribution is 8.18. The molecule has 0 bridgehead atoms. The van der Waals surface area contributed by atoms with Gasteiger partial charge in [-0.05, 0) is 54.9 Å². The van der Waals surface area contributed by atoms with Gasteiger partial charge >= 0.3 is 0 Å². The normalized spacial score (nSPS) is 18.2. The van der Waals surface area contributed by atoms with E-state index in [1.54, 1.807) is 0 Å². The van der Waals surface area contributed by atoms with Gasteiger partial charge in [-0.2, -0.15) is 0 Å². The smallest absolute Gasteiger partial charge is 0.264 e. The van der Waals surface area contributed by atoms with Crippen LogP contribution in [0.1, 0.15) is 16.7 Å². The van der Waals surface area contributed by atoms with E-state index in [1.165, 1.54) is 17.3 Å². The van der Waals surface area contributed by atoms with Gasteiger partial charge in [0.1, 0.15) is 0 Å². The number of aryl methyl sites for hydroxylation is 3. The number of hydrogen-bond acceptors (Lipinski definition) is 3. The van der Waals surface area contributed by atoms with E-state index in [2.05, 4.69) is 23.3 Å². The number of nitrogens with zero attached hydrogens (tertiary/aromatic N) is 2. The Kier molecular flexibility index (Phi) is 3.90. The summed E-state index contributed by atoms with van der Waals surface area (Å²) in [4.78, 5) is 17.2. The molecule has 1 aromatic carbocycles. The summed E-state index contributed by atoms with van der Waals surface area (Å²) in [5.74, 6) is -0.0997. The molecule has 1 aliphatic rings. The molecule has 3 rings (SSSR count). The van der Waals surface area contributed by atoms with Gasteiger partial charge in [-0.1, -0.05) is 17.7 Å². The van der Waals surface area contributed by atoms with E-state index in [0.29, 0.717) is 10.1 Å². The Hall–Kier alpha value is -2.27. The molecule has 22 heavy (non-hydrogen) atoms. The first-order chi connectivity index (χ1) is 10.5. The van der Waals surface area contributed by atoms with Crippen LogP contribution in [0.5, 0.6) is 0 Å². The predicted molar refractivity (Wildman–Crippen MR) is 92.1 cm³/mol. The van der Waals surface area contributed by atoms with E-state index in [1.807, 2.05) is 55.2 Å². The maximum absolute atomic E-state index is 12.0. The van der Waals surface area contributed by atoms with Crippen molar-refractivity contribution in [2.24, 2.45) is 12.0 Å². The molecule has 0 aliphatic carbocycles. The van der Waals surface area contributed by atoms with Gasteiger partial charge in [-0.25, -0.2) is 4.99 Å². The Labute approximate surface area is 133 Å². The number of aliphatic imine (C=N–C) groups is 1. The number of hydrogen-bond donors (Lipinski definition) is 1. The number of nitrogens with one attached hydrogen (secondary N) is 1. The van der Waals surface area contributed by atoms with Crippen LogP contribution in [0.2, 0.25) is 0 Å². The van der Waals surface area contributed by atoms with Crippen LogP contribution >= 0.6 is 11.8 Å². The average Bonchev–Trinajstić information content (AvgIpc) is 3.00. The van der Waals surface area contributed by atoms with Gasteiger partial charge in [0.2, 0.25) is 0 Å². The van der Waals surface area contributed by atoms with Gasteiger partial charge in [0.05, 0.1) is 10.6 Å². The zero-order valence-electron chi connectivity index (χ0n) is 12.8. The molecule has 0 unspecified atom stereocenters. The number of aromatic nitrogens is 1. The van der Waals surface area contributed by atoms with E-state index in [-0.39, 0.29) is 5.91 Å². The van der Waals surface area contributed by atoms with Crippen LogP contribution in [0, 0.1) is 13.8 Å². The molecule has 0 radical (unpaired) electrons. The van der Waals surface area contributed by atoms with E-state index in [4.69, 9.17) is 0 Å². The van der Waals surface area contributed by atoms with Crippen LogP contribution in [-0.2, 0) is 11.8 Å². The molecule has 1 saturated heterocycles. The first-order valence-electron chi connectivity index (χ1n) is 7.00. The summed E-state index contributed by atoms with van der Waals surface area (Å²) in [5.41, 5.74) is 4.19. The molecule has 2 heterocycles. The van der Waals surface area contributed by atoms with Crippen LogP contribution in [0.3, 0.4) is 0 Å². The lowest BCUT2D eigenvalue weighted by atomic mass is 10.1. The molecular weight excluding hydrogens is 294 g/mol. The minimum absolute atomic E-state index is 0.0997. The molecule has 2 aromatic rings. The Bertz CT molecular complexity index is 802. The standard InChI is InChI=1S/C17H17N3OS/c1-11-4-5-14(12(2)8-11)18-17-19-16(21)15(22-17)9-13-6-7-20(3)10-13/h4-10H,1-3H3,(H,18,19,21)/b15-9+. The highest BCUT2D eigenvalue weighted by Crippen LogP contribution is 2.29. The molecule has 0 saturated carbocycles. The van der Waals surface area contributed by atoms with Crippen LogP contribution < -0.4 is 5.32 Å². The second-order valence-corrected chi connectivity index (χ2v) is 6.41. The molecule has 0 atom stereocenters. The third-order valence-electron chi connectivity index (χ3n) is 3.38. The van der Waals surface area contributed by atoms with Gasteiger partial charge in [0, 0.05) is 19.4 Å². The van der Waals surface area contributed by atoms with Crippen molar-refractivity contribution in [2.45, 2.75) is 13.8 Å². The molecular formula is C17H17N3OS. The highest BCUT2D eigenvalue weighted by Gasteiger charge is 2.24. The van der Waals surface area contributed by atoms with Gasteiger partial charge in [0.25, 0.3) is 5.91 Å². The molecule has 1 N–H and O–H groups in total. The van der Waals surface area contributed by atoms with Gasteiger partial charge in [0.15, 0.2) is 5.17 Å².